The number of carbonyl (C=O) groups is 1. The Balaban J connectivity index is 1.88. The fraction of sp³-hybridized carbons (Fsp3) is 0.200. The highest BCUT2D eigenvalue weighted by Gasteiger charge is 2.22. The van der Waals surface area contributed by atoms with Crippen LogP contribution in [0, 0.1) is 22.9 Å². The predicted molar refractivity (Wildman–Crippen MR) is 110 cm³/mol. The third kappa shape index (κ3) is 4.77. The molecule has 1 heterocycles. The highest BCUT2D eigenvalue weighted by molar-refractivity contribution is 7.90. The van der Waals surface area contributed by atoms with E-state index in [2.05, 4.69) is 10.4 Å². The number of rotatable bonds is 6. The molecule has 0 aliphatic rings. The molecule has 162 valence electrons. The van der Waals surface area contributed by atoms with E-state index in [4.69, 9.17) is 0 Å². The van der Waals surface area contributed by atoms with E-state index < -0.39 is 32.4 Å². The second-order valence-electron chi connectivity index (χ2n) is 7.01. The Bertz CT molecular complexity index is 1270. The Morgan fingerprint density at radius 1 is 1.23 bits per heavy atom. The number of hydrogen-bond acceptors (Lipinski definition) is 6. The Kier molecular flexibility index (Phi) is 5.89. The zero-order valence-electron chi connectivity index (χ0n) is 16.9. The lowest BCUT2D eigenvalue weighted by atomic mass is 10.1. The van der Waals surface area contributed by atoms with Gasteiger partial charge < -0.3 is 5.32 Å². The summed E-state index contributed by atoms with van der Waals surface area (Å²) in [5, 5.41) is 18.1. The van der Waals surface area contributed by atoms with E-state index in [0.29, 0.717) is 16.9 Å². The van der Waals surface area contributed by atoms with Crippen molar-refractivity contribution in [2.75, 3.05) is 6.26 Å². The molecule has 1 N–H and O–H groups in total. The number of nitrogens with zero attached hydrogens (tertiary/aromatic N) is 3. The molecule has 0 aliphatic carbocycles. The summed E-state index contributed by atoms with van der Waals surface area (Å²) in [5.41, 5.74) is 1.37. The van der Waals surface area contributed by atoms with E-state index in [9.17, 15) is 27.7 Å². The van der Waals surface area contributed by atoms with E-state index in [1.54, 1.807) is 36.9 Å². The van der Waals surface area contributed by atoms with Crippen LogP contribution in [0.5, 0.6) is 0 Å². The topological polar surface area (TPSA) is 124 Å². The Hall–Kier alpha value is -3.60. The fourth-order valence-electron chi connectivity index (χ4n) is 3.08. The second-order valence-corrected chi connectivity index (χ2v) is 9.03. The van der Waals surface area contributed by atoms with Crippen molar-refractivity contribution in [1.29, 1.82) is 0 Å². The van der Waals surface area contributed by atoms with Gasteiger partial charge in [-0.25, -0.2) is 17.5 Å². The first-order valence-corrected chi connectivity index (χ1v) is 11.0. The summed E-state index contributed by atoms with van der Waals surface area (Å²) in [6.07, 6.45) is 2.46. The first-order chi connectivity index (χ1) is 14.5. The minimum atomic E-state index is -3.76. The average molecular weight is 446 g/mol. The maximum Gasteiger partial charge on any atom is 0.271 e. The second kappa shape index (κ2) is 8.26. The number of hydrogen-bond donors (Lipinski definition) is 1. The third-order valence-corrected chi connectivity index (χ3v) is 5.82. The van der Waals surface area contributed by atoms with Gasteiger partial charge in [0.05, 0.1) is 27.7 Å². The molecule has 0 radical (unpaired) electrons. The number of sulfone groups is 1. The molecule has 3 rings (SSSR count). The number of aromatic nitrogens is 2. The molecule has 11 heteroatoms. The standard InChI is InChI=1S/C20H19FN4O5S/c1-12(19-11-22-24(13(19)2)16-6-4-15(21)5-7-16)23-20(26)14-8-17(25(27)28)10-18(9-14)31(3,29)30/h4-12H,1-3H3,(H,23,26). The van der Waals surface area contributed by atoms with Gasteiger partial charge in [-0.2, -0.15) is 5.10 Å². The van der Waals surface area contributed by atoms with E-state index in [1.165, 1.54) is 12.1 Å². The SMILES string of the molecule is Cc1c(C(C)NC(=O)c2cc([N+](=O)[O-])cc(S(C)(=O)=O)c2)cnn1-c1ccc(F)cc1. The molecular weight excluding hydrogens is 427 g/mol. The minimum Gasteiger partial charge on any atom is -0.345 e. The lowest BCUT2D eigenvalue weighted by Gasteiger charge is -2.15. The van der Waals surface area contributed by atoms with E-state index in [-0.39, 0.29) is 16.3 Å². The Morgan fingerprint density at radius 3 is 2.45 bits per heavy atom. The minimum absolute atomic E-state index is 0.148. The Morgan fingerprint density at radius 2 is 1.87 bits per heavy atom. The number of non-ortho nitro benzene ring substituents is 1. The van der Waals surface area contributed by atoms with Crippen LogP contribution in [0.4, 0.5) is 10.1 Å². The molecule has 1 unspecified atom stereocenters. The van der Waals surface area contributed by atoms with Crippen LogP contribution in [0.25, 0.3) is 5.69 Å². The van der Waals surface area contributed by atoms with Crippen LogP contribution < -0.4 is 5.32 Å². The van der Waals surface area contributed by atoms with Crippen molar-refractivity contribution in [1.82, 2.24) is 15.1 Å². The van der Waals surface area contributed by atoms with Crippen molar-refractivity contribution >= 4 is 21.4 Å². The van der Waals surface area contributed by atoms with E-state index in [1.807, 2.05) is 0 Å². The number of carbonyl (C=O) groups excluding carboxylic acids is 1. The molecule has 0 fully saturated rings. The molecule has 0 spiro atoms. The molecule has 1 aromatic heterocycles. The van der Waals surface area contributed by atoms with Crippen LogP contribution in [0.1, 0.15) is 34.6 Å². The maximum absolute atomic E-state index is 13.2. The molecule has 0 aliphatic heterocycles. The van der Waals surface area contributed by atoms with Gasteiger partial charge in [0.25, 0.3) is 11.6 Å². The van der Waals surface area contributed by atoms with Crippen LogP contribution >= 0.6 is 0 Å². The molecule has 31 heavy (non-hydrogen) atoms. The summed E-state index contributed by atoms with van der Waals surface area (Å²) in [6, 6.07) is 8.24. The highest BCUT2D eigenvalue weighted by atomic mass is 32.2. The third-order valence-electron chi connectivity index (χ3n) is 4.73. The monoisotopic (exact) mass is 446 g/mol. The van der Waals surface area contributed by atoms with Crippen molar-refractivity contribution in [2.45, 2.75) is 24.8 Å². The van der Waals surface area contributed by atoms with Gasteiger partial charge in [-0.3, -0.25) is 14.9 Å². The van der Waals surface area contributed by atoms with Crippen LogP contribution in [-0.2, 0) is 9.84 Å². The van der Waals surface area contributed by atoms with E-state index in [0.717, 1.165) is 24.5 Å². The summed E-state index contributed by atoms with van der Waals surface area (Å²) in [5.74, 6) is -1.05. The normalized spacial score (nSPS) is 12.4. The zero-order valence-corrected chi connectivity index (χ0v) is 17.7. The lowest BCUT2D eigenvalue weighted by molar-refractivity contribution is -0.385. The molecule has 1 atom stereocenters. The van der Waals surface area contributed by atoms with Crippen LogP contribution in [-0.4, -0.2) is 35.3 Å². The van der Waals surface area contributed by atoms with Gasteiger partial charge in [-0.1, -0.05) is 0 Å². The number of nitrogens with one attached hydrogen (secondary N) is 1. The molecular formula is C20H19FN4O5S. The molecule has 0 saturated heterocycles. The predicted octanol–water partition coefficient (Wildman–Crippen LogP) is 3.12. The van der Waals surface area contributed by atoms with Crippen molar-refractivity contribution in [3.8, 4) is 5.69 Å². The number of nitro benzene ring substituents is 1. The summed E-state index contributed by atoms with van der Waals surface area (Å²) >= 11 is 0. The van der Waals surface area contributed by atoms with Crippen LogP contribution in [0.3, 0.4) is 0 Å². The van der Waals surface area contributed by atoms with Crippen molar-refractivity contribution in [3.63, 3.8) is 0 Å². The van der Waals surface area contributed by atoms with Gasteiger partial charge in [0.1, 0.15) is 5.82 Å². The summed E-state index contributed by atoms with van der Waals surface area (Å²) < 4.78 is 38.4. The van der Waals surface area contributed by atoms with Gasteiger partial charge in [0, 0.05) is 35.2 Å². The van der Waals surface area contributed by atoms with Gasteiger partial charge >= 0.3 is 0 Å². The summed E-state index contributed by atoms with van der Waals surface area (Å²) in [6.45, 7) is 3.48. The van der Waals surface area contributed by atoms with Crippen LogP contribution in [0.2, 0.25) is 0 Å². The van der Waals surface area contributed by atoms with Crippen LogP contribution in [0.15, 0.2) is 53.6 Å². The lowest BCUT2D eigenvalue weighted by Crippen LogP contribution is -2.27. The molecule has 1 amide bonds. The number of halogens is 1. The average Bonchev–Trinajstić information content (AvgIpc) is 3.09. The zero-order chi connectivity index (χ0) is 22.9. The van der Waals surface area contributed by atoms with Crippen molar-refractivity contribution < 1.29 is 22.5 Å². The molecule has 9 nitrogen and oxygen atoms in total. The highest BCUT2D eigenvalue weighted by Crippen LogP contribution is 2.23. The fourth-order valence-corrected chi connectivity index (χ4v) is 3.76. The van der Waals surface area contributed by atoms with Gasteiger partial charge in [0.15, 0.2) is 9.84 Å². The first-order valence-electron chi connectivity index (χ1n) is 9.08. The van der Waals surface area contributed by atoms with Gasteiger partial charge in [0.2, 0.25) is 0 Å². The Labute approximate surface area is 177 Å². The first kappa shape index (κ1) is 22.1. The van der Waals surface area contributed by atoms with Crippen molar-refractivity contribution in [3.05, 3.63) is 81.4 Å². The number of benzene rings is 2. The molecule has 0 saturated carbocycles. The number of amides is 1. The molecule has 0 bridgehead atoms. The summed E-state index contributed by atoms with van der Waals surface area (Å²) in [4.78, 5) is 22.8. The molecule has 2 aromatic carbocycles. The van der Waals surface area contributed by atoms with Gasteiger partial charge in [-0.05, 0) is 44.2 Å². The number of nitro groups is 1. The van der Waals surface area contributed by atoms with Gasteiger partial charge in [-0.15, -0.1) is 0 Å². The molecule has 3 aromatic rings. The summed E-state index contributed by atoms with van der Waals surface area (Å²) in [7, 11) is -3.76. The largest absolute Gasteiger partial charge is 0.345 e. The maximum atomic E-state index is 13.2. The quantitative estimate of drug-likeness (QED) is 0.458. The van der Waals surface area contributed by atoms with E-state index >= 15 is 0 Å². The smallest absolute Gasteiger partial charge is 0.271 e. The van der Waals surface area contributed by atoms with Crippen molar-refractivity contribution in [2.24, 2.45) is 0 Å².